The van der Waals surface area contributed by atoms with E-state index in [2.05, 4.69) is 10.2 Å². The second-order valence-corrected chi connectivity index (χ2v) is 17.7. The van der Waals surface area contributed by atoms with Gasteiger partial charge in [-0.05, 0) is 63.4 Å². The number of esters is 1. The molecule has 14 heteroatoms. The van der Waals surface area contributed by atoms with E-state index in [0.29, 0.717) is 32.0 Å². The van der Waals surface area contributed by atoms with E-state index in [0.717, 1.165) is 13.1 Å². The highest BCUT2D eigenvalue weighted by molar-refractivity contribution is 6.16. The van der Waals surface area contributed by atoms with E-state index in [1.807, 2.05) is 38.8 Å². The molecule has 0 spiro atoms. The number of fused-ring (bicyclic) bond motifs is 14. The lowest BCUT2D eigenvalue weighted by Gasteiger charge is -2.36. The first-order valence-electron chi connectivity index (χ1n) is 21.4. The molecule has 1 aliphatic carbocycles. The van der Waals surface area contributed by atoms with Crippen LogP contribution in [0.1, 0.15) is 110 Å². The third-order valence-electron chi connectivity index (χ3n) is 13.0. The summed E-state index contributed by atoms with van der Waals surface area (Å²) in [7, 11) is 0. The first-order valence-corrected chi connectivity index (χ1v) is 21.4. The average molecular weight is 833 g/mol. The minimum atomic E-state index is -1.75. The third-order valence-corrected chi connectivity index (χ3v) is 13.0. The van der Waals surface area contributed by atoms with Gasteiger partial charge in [0, 0.05) is 74.1 Å². The smallest absolute Gasteiger partial charge is 0.302 e. The number of benzene rings is 2. The van der Waals surface area contributed by atoms with Gasteiger partial charge in [0.15, 0.2) is 11.9 Å². The standard InChI is InChI=1S/C46H64N4O10/c1-25-13-11-14-27(3)45(57)48-37-33(24-47-50-20-18-49(19-21-50)32-16-9-10-17-32)40(54)34-35(41(37)55)39(53)30(6)43-36(34)44(56)46(8,60-43)58-22-12-15-26(2)42(59-31(7)51)29(5)38(52)28(4)23-25/h11-14,22,24-26,28-29,32,38,42,44,52-56H,9-10,15-21,23H2,1-8H3,(H,48,57)/b13-11+,22-12+,27-14-,47-24+/t25-,26+,28+,29+,38+,42+,44?,46-/m0/s1. The Hall–Kier alpha value is -4.79. The Balaban J connectivity index is 1.43. The monoisotopic (exact) mass is 832 g/mol. The topological polar surface area (TPSA) is 194 Å². The van der Waals surface area contributed by atoms with Crippen LogP contribution >= 0.6 is 0 Å². The molecule has 1 unspecified atom stereocenters. The first-order chi connectivity index (χ1) is 28.4. The van der Waals surface area contributed by atoms with Crippen molar-refractivity contribution >= 4 is 34.6 Å². The summed E-state index contributed by atoms with van der Waals surface area (Å²) in [4.78, 5) is 28.5. The Labute approximate surface area is 353 Å². The number of hydrogen-bond acceptors (Lipinski definition) is 13. The molecule has 4 heterocycles. The summed E-state index contributed by atoms with van der Waals surface area (Å²) in [6.45, 7) is 16.7. The number of nitrogens with one attached hydrogen (secondary N) is 1. The average Bonchev–Trinajstić information content (AvgIpc) is 3.84. The summed E-state index contributed by atoms with van der Waals surface area (Å²) < 4.78 is 18.1. The van der Waals surface area contributed by atoms with Crippen LogP contribution in [0.15, 0.2) is 41.2 Å². The maximum absolute atomic E-state index is 13.8. The van der Waals surface area contributed by atoms with Crippen molar-refractivity contribution in [3.05, 3.63) is 52.8 Å². The van der Waals surface area contributed by atoms with E-state index >= 15 is 0 Å². The van der Waals surface area contributed by atoms with E-state index in [-0.39, 0.29) is 62.2 Å². The Morgan fingerprint density at radius 3 is 2.33 bits per heavy atom. The van der Waals surface area contributed by atoms with E-state index in [9.17, 15) is 35.1 Å². The fraction of sp³-hybridized carbons (Fsp3) is 0.587. The fourth-order valence-electron chi connectivity index (χ4n) is 9.42. The van der Waals surface area contributed by atoms with Crippen molar-refractivity contribution in [2.75, 3.05) is 31.5 Å². The van der Waals surface area contributed by atoms with Crippen LogP contribution in [0.25, 0.3) is 10.8 Å². The number of hydrazone groups is 1. The SMILES string of the molecule is CC(=O)O[C@H]1[C@H](C)[C@H](O)[C@H](C)C[C@@H](C)/C=C/C=C(/C)C(=O)Nc2c(/C=N/N3CCN(C4CCCC4)CC3)c(O)c3c4c(c(C)c(O)c3c2O)O[C@](C)(O/C=C/C[C@H]1C)C4O. The minimum absolute atomic E-state index is 0.0140. The quantitative estimate of drug-likeness (QED) is 0.0809. The predicted molar refractivity (Wildman–Crippen MR) is 230 cm³/mol. The number of piperazine rings is 1. The molecule has 1 amide bonds. The van der Waals surface area contributed by atoms with Gasteiger partial charge < -0.3 is 45.1 Å². The number of nitrogens with zero attached hydrogens (tertiary/aromatic N) is 3. The number of aromatic hydroxyl groups is 3. The molecule has 4 aliphatic heterocycles. The van der Waals surface area contributed by atoms with E-state index in [1.54, 1.807) is 32.1 Å². The molecular formula is C46H64N4O10. The van der Waals surface area contributed by atoms with Crippen LogP contribution in [0.5, 0.6) is 23.0 Å². The molecule has 8 atom stereocenters. The maximum atomic E-state index is 13.8. The molecular weight excluding hydrogens is 769 g/mol. The van der Waals surface area contributed by atoms with Crippen molar-refractivity contribution in [3.63, 3.8) is 0 Å². The van der Waals surface area contributed by atoms with Crippen LogP contribution < -0.4 is 10.1 Å². The summed E-state index contributed by atoms with van der Waals surface area (Å²) in [5.41, 5.74) is 0.342. The fourth-order valence-corrected chi connectivity index (χ4v) is 9.42. The predicted octanol–water partition coefficient (Wildman–Crippen LogP) is 6.90. The molecule has 1 saturated heterocycles. The van der Waals surface area contributed by atoms with Crippen molar-refractivity contribution < 1.29 is 49.3 Å². The minimum Gasteiger partial charge on any atom is -0.507 e. The summed E-state index contributed by atoms with van der Waals surface area (Å²) in [6, 6.07) is 0.583. The van der Waals surface area contributed by atoms with E-state index in [1.165, 1.54) is 52.0 Å². The summed E-state index contributed by atoms with van der Waals surface area (Å²) in [5.74, 6) is -4.89. The normalized spacial score (nSPS) is 32.1. The van der Waals surface area contributed by atoms with Gasteiger partial charge in [-0.2, -0.15) is 5.10 Å². The third kappa shape index (κ3) is 9.11. The number of aliphatic hydroxyl groups excluding tert-OH is 2. The number of amides is 1. The number of ether oxygens (including phenoxy) is 3. The summed E-state index contributed by atoms with van der Waals surface area (Å²) >= 11 is 0. The largest absolute Gasteiger partial charge is 0.507 e. The number of rotatable bonds is 4. The molecule has 5 bridgehead atoms. The first kappa shape index (κ1) is 44.8. The molecule has 0 aromatic heterocycles. The number of carbonyl (C=O) groups is 2. The van der Waals surface area contributed by atoms with Crippen molar-refractivity contribution in [2.24, 2.45) is 28.8 Å². The van der Waals surface area contributed by atoms with E-state index in [4.69, 9.17) is 19.3 Å². The van der Waals surface area contributed by atoms with Crippen molar-refractivity contribution in [1.29, 1.82) is 0 Å². The number of carbonyl (C=O) groups excluding carboxylic acids is 2. The highest BCUT2D eigenvalue weighted by Crippen LogP contribution is 2.58. The number of hydrogen-bond donors (Lipinski definition) is 6. The van der Waals surface area contributed by atoms with Crippen LogP contribution in [0, 0.1) is 30.6 Å². The van der Waals surface area contributed by atoms with Crippen LogP contribution in [0.2, 0.25) is 0 Å². The Morgan fingerprint density at radius 1 is 0.983 bits per heavy atom. The van der Waals surface area contributed by atoms with Gasteiger partial charge in [-0.1, -0.05) is 58.8 Å². The molecule has 14 nitrogen and oxygen atoms in total. The second kappa shape index (κ2) is 18.4. The lowest BCUT2D eigenvalue weighted by molar-refractivity contribution is -0.180. The van der Waals surface area contributed by atoms with Crippen molar-refractivity contribution in [2.45, 2.75) is 124 Å². The Bertz CT molecular complexity index is 2050. The summed E-state index contributed by atoms with van der Waals surface area (Å²) in [6.07, 6.45) is 12.8. The lowest BCUT2D eigenvalue weighted by atomic mass is 9.80. The number of aliphatic hydroxyl groups is 2. The van der Waals surface area contributed by atoms with Crippen molar-refractivity contribution in [1.82, 2.24) is 9.91 Å². The van der Waals surface area contributed by atoms with Gasteiger partial charge in [-0.15, -0.1) is 0 Å². The van der Waals surface area contributed by atoms with Gasteiger partial charge in [0.05, 0.1) is 35.2 Å². The van der Waals surface area contributed by atoms with Gasteiger partial charge in [-0.25, -0.2) is 0 Å². The Morgan fingerprint density at radius 2 is 1.67 bits per heavy atom. The Kier molecular flexibility index (Phi) is 13.8. The van der Waals surface area contributed by atoms with Gasteiger partial charge in [0.2, 0.25) is 0 Å². The molecule has 1 saturated carbocycles. The van der Waals surface area contributed by atoms with Crippen molar-refractivity contribution in [3.8, 4) is 23.0 Å². The molecule has 7 rings (SSSR count). The molecule has 2 aromatic rings. The highest BCUT2D eigenvalue weighted by Gasteiger charge is 2.49. The summed E-state index contributed by atoms with van der Waals surface area (Å²) in [5, 5.41) is 68.4. The zero-order valence-corrected chi connectivity index (χ0v) is 36.3. The molecule has 0 radical (unpaired) electrons. The zero-order chi connectivity index (χ0) is 43.6. The van der Waals surface area contributed by atoms with Crippen LogP contribution in [-0.4, -0.2) is 104 Å². The van der Waals surface area contributed by atoms with Gasteiger partial charge >= 0.3 is 5.97 Å². The maximum Gasteiger partial charge on any atom is 0.302 e. The molecule has 6 N–H and O–H groups in total. The highest BCUT2D eigenvalue weighted by atomic mass is 16.7. The second-order valence-electron chi connectivity index (χ2n) is 17.7. The van der Waals surface area contributed by atoms with Gasteiger partial charge in [0.25, 0.3) is 11.7 Å². The number of phenolic OH excluding ortho intramolecular Hbond substituents is 3. The molecule has 2 fully saturated rings. The van der Waals surface area contributed by atoms with Crippen LogP contribution in [-0.2, 0) is 19.1 Å². The van der Waals surface area contributed by atoms with E-state index < -0.39 is 59.1 Å². The molecule has 60 heavy (non-hydrogen) atoms. The lowest BCUT2D eigenvalue weighted by Crippen LogP contribution is -2.47. The van der Waals surface area contributed by atoms with Gasteiger partial charge in [-0.3, -0.25) is 19.5 Å². The molecule has 328 valence electrons. The zero-order valence-electron chi connectivity index (χ0n) is 36.3. The van der Waals surface area contributed by atoms with Crippen LogP contribution in [0.4, 0.5) is 5.69 Å². The van der Waals surface area contributed by atoms with Gasteiger partial charge in [0.1, 0.15) is 23.4 Å². The number of allylic oxidation sites excluding steroid dienone is 4. The molecule has 2 aromatic carbocycles. The van der Waals surface area contributed by atoms with Crippen LogP contribution in [0.3, 0.4) is 0 Å². The molecule has 5 aliphatic rings. The number of anilines is 1. The number of phenols is 3.